The number of hydrogen-bond donors (Lipinski definition) is 1. The third-order valence-corrected chi connectivity index (χ3v) is 4.94. The second-order valence-corrected chi connectivity index (χ2v) is 6.96. The molecule has 0 saturated heterocycles. The smallest absolute Gasteiger partial charge is 0.377 e. The van der Waals surface area contributed by atoms with E-state index in [0.717, 1.165) is 17.6 Å². The number of esters is 2. The molecule has 0 unspecified atom stereocenters. The Balaban J connectivity index is 1.72. The van der Waals surface area contributed by atoms with Crippen molar-refractivity contribution in [2.24, 2.45) is 0 Å². The van der Waals surface area contributed by atoms with Gasteiger partial charge in [-0.05, 0) is 30.7 Å². The van der Waals surface area contributed by atoms with Crippen molar-refractivity contribution < 1.29 is 37.7 Å². The first-order chi connectivity index (χ1) is 14.5. The number of rotatable bonds is 7. The first-order valence-corrected chi connectivity index (χ1v) is 9.78. The maximum Gasteiger partial charge on any atom is 0.377 e. The van der Waals surface area contributed by atoms with Gasteiger partial charge in [-0.1, -0.05) is 12.1 Å². The Morgan fingerprint density at radius 3 is 2.57 bits per heavy atom. The Morgan fingerprint density at radius 1 is 1.13 bits per heavy atom. The molecule has 1 aromatic heterocycles. The van der Waals surface area contributed by atoms with E-state index in [1.54, 1.807) is 25.1 Å². The summed E-state index contributed by atoms with van der Waals surface area (Å²) in [6.07, 6.45) is 1.12. The summed E-state index contributed by atoms with van der Waals surface area (Å²) in [6, 6.07) is 7.28. The van der Waals surface area contributed by atoms with Gasteiger partial charge < -0.3 is 24.3 Å². The van der Waals surface area contributed by atoms with E-state index in [2.05, 4.69) is 5.32 Å². The van der Waals surface area contributed by atoms with Gasteiger partial charge in [0.25, 0.3) is 5.91 Å². The van der Waals surface area contributed by atoms with Crippen LogP contribution in [0.1, 0.15) is 16.6 Å². The van der Waals surface area contributed by atoms with E-state index in [1.807, 2.05) is 0 Å². The minimum atomic E-state index is -0.840. The number of hydrogen-bond acceptors (Lipinski definition) is 8. The molecule has 1 amide bonds. The highest BCUT2D eigenvalue weighted by atomic mass is 32.1. The Kier molecular flexibility index (Phi) is 7.02. The van der Waals surface area contributed by atoms with E-state index in [-0.39, 0.29) is 29.5 Å². The number of amides is 1. The first-order valence-electron chi connectivity index (χ1n) is 8.96. The van der Waals surface area contributed by atoms with Gasteiger partial charge in [-0.2, -0.15) is 0 Å². The molecule has 1 aliphatic heterocycles. The second kappa shape index (κ2) is 9.88. The van der Waals surface area contributed by atoms with Crippen LogP contribution in [0, 0.1) is 5.82 Å². The molecule has 8 nitrogen and oxygen atoms in total. The van der Waals surface area contributed by atoms with Gasteiger partial charge >= 0.3 is 11.9 Å². The van der Waals surface area contributed by atoms with E-state index in [0.29, 0.717) is 17.0 Å². The number of benzene rings is 1. The average molecular weight is 435 g/mol. The van der Waals surface area contributed by atoms with Crippen molar-refractivity contribution in [1.82, 2.24) is 0 Å². The molecule has 2 heterocycles. The summed E-state index contributed by atoms with van der Waals surface area (Å²) in [6.45, 7) is 1.75. The fourth-order valence-electron chi connectivity index (χ4n) is 2.45. The third kappa shape index (κ3) is 5.35. The maximum absolute atomic E-state index is 13.2. The second-order valence-electron chi connectivity index (χ2n) is 5.91. The molecule has 30 heavy (non-hydrogen) atoms. The molecule has 0 saturated carbocycles. The van der Waals surface area contributed by atoms with Crippen LogP contribution in [0.2, 0.25) is 0 Å². The first kappa shape index (κ1) is 21.3. The zero-order valence-corrected chi connectivity index (χ0v) is 16.8. The van der Waals surface area contributed by atoms with E-state index >= 15 is 0 Å². The van der Waals surface area contributed by atoms with Crippen LogP contribution < -0.4 is 5.32 Å². The van der Waals surface area contributed by atoms with Crippen LogP contribution in [0.25, 0.3) is 10.4 Å². The summed E-state index contributed by atoms with van der Waals surface area (Å²) in [5, 5.41) is 2.54. The summed E-state index contributed by atoms with van der Waals surface area (Å²) in [7, 11) is 0. The average Bonchev–Trinajstić information content (AvgIpc) is 3.17. The zero-order valence-electron chi connectivity index (χ0n) is 15.9. The molecule has 0 fully saturated rings. The quantitative estimate of drug-likeness (QED) is 0.667. The highest BCUT2D eigenvalue weighted by molar-refractivity contribution is 7.18. The van der Waals surface area contributed by atoms with Crippen molar-refractivity contribution >= 4 is 34.9 Å². The largest absolute Gasteiger partial charge is 0.493 e. The Hall–Kier alpha value is -3.40. The lowest BCUT2D eigenvalue weighted by atomic mass is 10.2. The molecule has 0 aliphatic carbocycles. The van der Waals surface area contributed by atoms with Crippen molar-refractivity contribution in [3.8, 4) is 10.4 Å². The molecule has 1 N–H and O–H groups in total. The monoisotopic (exact) mass is 435 g/mol. The molecule has 0 bridgehead atoms. The normalized spacial score (nSPS) is 12.8. The van der Waals surface area contributed by atoms with E-state index < -0.39 is 30.3 Å². The fourth-order valence-corrected chi connectivity index (χ4v) is 3.47. The molecule has 1 aromatic carbocycles. The maximum atomic E-state index is 13.2. The van der Waals surface area contributed by atoms with E-state index in [9.17, 15) is 18.8 Å². The number of nitrogens with one attached hydrogen (secondary N) is 1. The van der Waals surface area contributed by atoms with Gasteiger partial charge in [-0.25, -0.2) is 14.0 Å². The van der Waals surface area contributed by atoms with Gasteiger partial charge in [-0.3, -0.25) is 4.79 Å². The lowest BCUT2D eigenvalue weighted by Crippen LogP contribution is -2.24. The van der Waals surface area contributed by atoms with E-state index in [1.165, 1.54) is 12.1 Å². The van der Waals surface area contributed by atoms with Crippen LogP contribution in [-0.2, 0) is 28.5 Å². The fraction of sp³-hybridized carbons (Fsp3) is 0.250. The molecule has 10 heteroatoms. The molecular weight excluding hydrogens is 417 g/mol. The zero-order chi connectivity index (χ0) is 21.5. The predicted molar refractivity (Wildman–Crippen MR) is 105 cm³/mol. The number of anilines is 1. The van der Waals surface area contributed by atoms with Crippen molar-refractivity contribution in [3.05, 3.63) is 53.0 Å². The number of halogens is 1. The summed E-state index contributed by atoms with van der Waals surface area (Å²) in [5.74, 6) is -2.63. The molecule has 2 aromatic rings. The standard InChI is InChI=1S/C20H18FNO7S/c1-2-27-20(25)18-14(9-16(30-18)12-3-5-13(21)6-4-12)22-17(23)11-29-19(24)15-10-26-7-8-28-15/h3-6,9-10H,2,7-8,11H2,1H3,(H,22,23). The SMILES string of the molecule is CCOC(=O)c1sc(-c2ccc(F)cc2)cc1NC(=O)COC(=O)C1=COCCO1. The van der Waals surface area contributed by atoms with E-state index in [4.69, 9.17) is 18.9 Å². The number of ether oxygens (including phenoxy) is 4. The van der Waals surface area contributed by atoms with Gasteiger partial charge in [0.15, 0.2) is 6.61 Å². The third-order valence-electron chi connectivity index (χ3n) is 3.78. The molecular formula is C20H18FNO7S. The minimum absolute atomic E-state index is 0.129. The highest BCUT2D eigenvalue weighted by Crippen LogP contribution is 2.35. The van der Waals surface area contributed by atoms with Crippen molar-refractivity contribution in [1.29, 1.82) is 0 Å². The number of thiophene rings is 1. The van der Waals surface area contributed by atoms with Gasteiger partial charge in [0, 0.05) is 4.88 Å². The van der Waals surface area contributed by atoms with Crippen LogP contribution in [-0.4, -0.2) is 44.3 Å². The Labute approximate surface area is 175 Å². The Morgan fingerprint density at radius 2 is 1.90 bits per heavy atom. The lowest BCUT2D eigenvalue weighted by Gasteiger charge is -2.14. The molecule has 0 atom stereocenters. The molecule has 1 aliphatic rings. The minimum Gasteiger partial charge on any atom is -0.493 e. The van der Waals surface area contributed by atoms with Crippen molar-refractivity contribution in [2.75, 3.05) is 31.7 Å². The van der Waals surface area contributed by atoms with Gasteiger partial charge in [-0.15, -0.1) is 11.3 Å². The van der Waals surface area contributed by atoms with Crippen LogP contribution in [0.3, 0.4) is 0 Å². The molecule has 158 valence electrons. The summed E-state index contributed by atoms with van der Waals surface area (Å²) < 4.78 is 33.1. The molecule has 0 radical (unpaired) electrons. The van der Waals surface area contributed by atoms with Crippen LogP contribution >= 0.6 is 11.3 Å². The van der Waals surface area contributed by atoms with Crippen molar-refractivity contribution in [2.45, 2.75) is 6.92 Å². The van der Waals surface area contributed by atoms with Crippen LogP contribution in [0.5, 0.6) is 0 Å². The van der Waals surface area contributed by atoms with Gasteiger partial charge in [0.05, 0.1) is 12.3 Å². The Bertz CT molecular complexity index is 968. The number of carbonyl (C=O) groups is 3. The highest BCUT2D eigenvalue weighted by Gasteiger charge is 2.22. The van der Waals surface area contributed by atoms with Gasteiger partial charge in [0.2, 0.25) is 5.76 Å². The molecule has 3 rings (SSSR count). The van der Waals surface area contributed by atoms with Crippen LogP contribution in [0.4, 0.5) is 10.1 Å². The van der Waals surface area contributed by atoms with Gasteiger partial charge in [0.1, 0.15) is 30.2 Å². The molecule has 0 spiro atoms. The summed E-state index contributed by atoms with van der Waals surface area (Å²) in [5.41, 5.74) is 0.871. The lowest BCUT2D eigenvalue weighted by molar-refractivity contribution is -0.148. The number of carbonyl (C=O) groups excluding carboxylic acids is 3. The predicted octanol–water partition coefficient (Wildman–Crippen LogP) is 3.10. The van der Waals surface area contributed by atoms with Crippen molar-refractivity contribution in [3.63, 3.8) is 0 Å². The summed E-state index contributed by atoms with van der Waals surface area (Å²) >= 11 is 1.09. The topological polar surface area (TPSA) is 100 Å². The summed E-state index contributed by atoms with van der Waals surface area (Å²) in [4.78, 5) is 37.2. The van der Waals surface area contributed by atoms with Crippen LogP contribution in [0.15, 0.2) is 42.4 Å².